The van der Waals surface area contributed by atoms with Crippen molar-refractivity contribution >= 4 is 11.6 Å². The molecule has 2 atom stereocenters. The lowest BCUT2D eigenvalue weighted by atomic mass is 10.00. The lowest BCUT2D eigenvalue weighted by Gasteiger charge is -2.14. The first-order chi connectivity index (χ1) is 8.97. The van der Waals surface area contributed by atoms with Crippen LogP contribution in [0, 0.1) is 23.4 Å². The first-order valence-corrected chi connectivity index (χ1v) is 6.17. The fraction of sp³-hybridized carbons (Fsp3) is 0.462. The fourth-order valence-electron chi connectivity index (χ4n) is 2.40. The van der Waals surface area contributed by atoms with Crippen molar-refractivity contribution in [3.8, 4) is 0 Å². The second-order valence-corrected chi connectivity index (χ2v) is 4.86. The largest absolute Gasteiger partial charge is 0.327 e. The predicted molar refractivity (Wildman–Crippen MR) is 64.9 cm³/mol. The van der Waals surface area contributed by atoms with Crippen molar-refractivity contribution in [2.75, 3.05) is 5.32 Å². The highest BCUT2D eigenvalue weighted by Crippen LogP contribution is 2.27. The highest BCUT2D eigenvalue weighted by Gasteiger charge is 2.26. The van der Waals surface area contributed by atoms with E-state index in [2.05, 4.69) is 5.32 Å². The van der Waals surface area contributed by atoms with Crippen LogP contribution in [0.5, 0.6) is 0 Å². The average molecular weight is 272 g/mol. The summed E-state index contributed by atoms with van der Waals surface area (Å²) < 4.78 is 38.7. The van der Waals surface area contributed by atoms with Crippen LogP contribution in [0.25, 0.3) is 0 Å². The van der Waals surface area contributed by atoms with E-state index in [0.29, 0.717) is 0 Å². The van der Waals surface area contributed by atoms with Crippen molar-refractivity contribution in [3.05, 3.63) is 29.6 Å². The standard InChI is InChI=1S/C13H15F3N2O/c14-9-5-8(6-10(15)13(9)16)18-12(19)4-7-2-1-3-11(7)17/h5-7,11H,1-4,17H2,(H,18,19)/t7-,11+/m0/s1. The summed E-state index contributed by atoms with van der Waals surface area (Å²) in [6, 6.07) is 1.50. The lowest BCUT2D eigenvalue weighted by molar-refractivity contribution is -0.117. The van der Waals surface area contributed by atoms with Crippen LogP contribution in [0.15, 0.2) is 12.1 Å². The van der Waals surface area contributed by atoms with Gasteiger partial charge < -0.3 is 11.1 Å². The van der Waals surface area contributed by atoms with Crippen molar-refractivity contribution in [1.82, 2.24) is 0 Å². The van der Waals surface area contributed by atoms with Gasteiger partial charge in [-0.2, -0.15) is 0 Å². The lowest BCUT2D eigenvalue weighted by Crippen LogP contribution is -2.28. The third-order valence-electron chi connectivity index (χ3n) is 3.43. The normalized spacial score (nSPS) is 22.5. The monoisotopic (exact) mass is 272 g/mol. The molecule has 0 heterocycles. The molecule has 19 heavy (non-hydrogen) atoms. The van der Waals surface area contributed by atoms with Crippen LogP contribution in [-0.4, -0.2) is 11.9 Å². The van der Waals surface area contributed by atoms with Gasteiger partial charge in [0.2, 0.25) is 5.91 Å². The van der Waals surface area contributed by atoms with Gasteiger partial charge in [-0.25, -0.2) is 13.2 Å². The van der Waals surface area contributed by atoms with Gasteiger partial charge in [-0.15, -0.1) is 0 Å². The number of carbonyl (C=O) groups is 1. The van der Waals surface area contributed by atoms with E-state index in [4.69, 9.17) is 5.73 Å². The molecule has 6 heteroatoms. The highest BCUT2D eigenvalue weighted by molar-refractivity contribution is 5.90. The maximum atomic E-state index is 13.0. The van der Waals surface area contributed by atoms with Crippen molar-refractivity contribution in [1.29, 1.82) is 0 Å². The maximum absolute atomic E-state index is 13.0. The summed E-state index contributed by atoms with van der Waals surface area (Å²) >= 11 is 0. The first kappa shape index (κ1) is 13.9. The van der Waals surface area contributed by atoms with Gasteiger partial charge in [-0.1, -0.05) is 6.42 Å². The zero-order chi connectivity index (χ0) is 14.0. The molecule has 0 spiro atoms. The average Bonchev–Trinajstić information content (AvgIpc) is 2.72. The number of nitrogens with two attached hydrogens (primary N) is 1. The molecule has 1 saturated carbocycles. The Kier molecular flexibility index (Phi) is 4.09. The van der Waals surface area contributed by atoms with E-state index in [1.54, 1.807) is 0 Å². The molecule has 0 aromatic heterocycles. The Morgan fingerprint density at radius 1 is 1.26 bits per heavy atom. The van der Waals surface area contributed by atoms with Crippen LogP contribution >= 0.6 is 0 Å². The van der Waals surface area contributed by atoms with Gasteiger partial charge in [0.25, 0.3) is 0 Å². The molecule has 0 bridgehead atoms. The SMILES string of the molecule is N[C@@H]1CCC[C@H]1CC(=O)Nc1cc(F)c(F)c(F)c1. The summed E-state index contributed by atoms with van der Waals surface area (Å²) in [7, 11) is 0. The van der Waals surface area contributed by atoms with E-state index < -0.39 is 17.5 Å². The molecule has 3 nitrogen and oxygen atoms in total. The molecule has 3 N–H and O–H groups in total. The molecular weight excluding hydrogens is 257 g/mol. The van der Waals surface area contributed by atoms with Gasteiger partial charge in [0.15, 0.2) is 17.5 Å². The van der Waals surface area contributed by atoms with Crippen LogP contribution in [-0.2, 0) is 4.79 Å². The highest BCUT2D eigenvalue weighted by atomic mass is 19.2. The Labute approximate surface area is 109 Å². The van der Waals surface area contributed by atoms with Crippen LogP contribution in [0.3, 0.4) is 0 Å². The van der Waals surface area contributed by atoms with E-state index in [9.17, 15) is 18.0 Å². The number of rotatable bonds is 3. The van der Waals surface area contributed by atoms with Gasteiger partial charge in [0.1, 0.15) is 0 Å². The Morgan fingerprint density at radius 3 is 2.42 bits per heavy atom. The number of anilines is 1. The van der Waals surface area contributed by atoms with Crippen LogP contribution in [0.1, 0.15) is 25.7 Å². The van der Waals surface area contributed by atoms with Crippen molar-refractivity contribution in [3.63, 3.8) is 0 Å². The van der Waals surface area contributed by atoms with Gasteiger partial charge >= 0.3 is 0 Å². The quantitative estimate of drug-likeness (QED) is 0.831. The second kappa shape index (κ2) is 5.61. The molecule has 0 unspecified atom stereocenters. The minimum atomic E-state index is -1.55. The molecular formula is C13H15F3N2O. The Hall–Kier alpha value is -1.56. The zero-order valence-electron chi connectivity index (χ0n) is 10.3. The summed E-state index contributed by atoms with van der Waals surface area (Å²) in [5.41, 5.74) is 5.75. The summed E-state index contributed by atoms with van der Waals surface area (Å²) in [6.07, 6.45) is 2.96. The Balaban J connectivity index is 1.99. The molecule has 2 rings (SSSR count). The summed E-state index contributed by atoms with van der Waals surface area (Å²) in [5, 5.41) is 2.36. The van der Waals surface area contributed by atoms with Gasteiger partial charge in [0.05, 0.1) is 0 Å². The second-order valence-electron chi connectivity index (χ2n) is 4.86. The number of amides is 1. The third kappa shape index (κ3) is 3.26. The van der Waals surface area contributed by atoms with Crippen molar-refractivity contribution < 1.29 is 18.0 Å². The summed E-state index contributed by atoms with van der Waals surface area (Å²) in [4.78, 5) is 11.7. The molecule has 0 aliphatic heterocycles. The smallest absolute Gasteiger partial charge is 0.224 e. The van der Waals surface area contributed by atoms with E-state index >= 15 is 0 Å². The molecule has 1 fully saturated rings. The van der Waals surface area contributed by atoms with Crippen molar-refractivity contribution in [2.24, 2.45) is 11.7 Å². The van der Waals surface area contributed by atoms with Gasteiger partial charge in [0, 0.05) is 30.3 Å². The molecule has 1 amide bonds. The number of carbonyl (C=O) groups excluding carboxylic acids is 1. The summed E-state index contributed by atoms with van der Waals surface area (Å²) in [6.45, 7) is 0. The molecule has 0 saturated heterocycles. The fourth-order valence-corrected chi connectivity index (χ4v) is 2.40. The molecule has 104 valence electrons. The van der Waals surface area contributed by atoms with E-state index in [-0.39, 0.29) is 30.0 Å². The molecule has 0 radical (unpaired) electrons. The van der Waals surface area contributed by atoms with E-state index in [1.165, 1.54) is 0 Å². The molecule has 1 aromatic rings. The predicted octanol–water partition coefficient (Wildman–Crippen LogP) is 2.56. The minimum Gasteiger partial charge on any atom is -0.327 e. The first-order valence-electron chi connectivity index (χ1n) is 6.17. The van der Waals surface area contributed by atoms with Gasteiger partial charge in [-0.05, 0) is 18.8 Å². The van der Waals surface area contributed by atoms with Crippen molar-refractivity contribution in [2.45, 2.75) is 31.7 Å². The minimum absolute atomic E-state index is 0.00700. The zero-order valence-corrected chi connectivity index (χ0v) is 10.3. The van der Waals surface area contributed by atoms with E-state index in [0.717, 1.165) is 31.4 Å². The molecule has 1 aromatic carbocycles. The molecule has 1 aliphatic rings. The topological polar surface area (TPSA) is 55.1 Å². The summed E-state index contributed by atoms with van der Waals surface area (Å²) in [5.74, 6) is -4.47. The number of halogens is 3. The number of hydrogen-bond donors (Lipinski definition) is 2. The Bertz CT molecular complexity index is 470. The molecule has 1 aliphatic carbocycles. The number of benzene rings is 1. The maximum Gasteiger partial charge on any atom is 0.224 e. The third-order valence-corrected chi connectivity index (χ3v) is 3.43. The van der Waals surface area contributed by atoms with E-state index in [1.807, 2.05) is 0 Å². The van der Waals surface area contributed by atoms with Crippen LogP contribution in [0.2, 0.25) is 0 Å². The van der Waals surface area contributed by atoms with Crippen LogP contribution < -0.4 is 11.1 Å². The van der Waals surface area contributed by atoms with Gasteiger partial charge in [-0.3, -0.25) is 4.79 Å². The Morgan fingerprint density at radius 2 is 1.89 bits per heavy atom. The number of hydrogen-bond acceptors (Lipinski definition) is 2. The number of nitrogens with one attached hydrogen (secondary N) is 1. The van der Waals surface area contributed by atoms with Crippen LogP contribution in [0.4, 0.5) is 18.9 Å².